The third-order valence-electron chi connectivity index (χ3n) is 4.13. The van der Waals surface area contributed by atoms with Gasteiger partial charge in [0.1, 0.15) is 5.75 Å². The number of benzene rings is 3. The Morgan fingerprint density at radius 2 is 1.37 bits per heavy atom. The molecule has 0 N–H and O–H groups in total. The normalized spacial score (nSPS) is 11.0. The number of nitrogens with zero attached hydrogens (tertiary/aromatic N) is 1. The molecule has 0 unspecified atom stereocenters. The van der Waals surface area contributed by atoms with Gasteiger partial charge in [-0.3, -0.25) is 4.31 Å². The van der Waals surface area contributed by atoms with Crippen molar-refractivity contribution in [3.05, 3.63) is 84.4 Å². The molecular weight excluding hydrogens is 362 g/mol. The lowest BCUT2D eigenvalue weighted by atomic mass is 10.1. The Hall–Kier alpha value is -3.12. The molecule has 0 bridgehead atoms. The highest BCUT2D eigenvalue weighted by Crippen LogP contribution is 2.25. The van der Waals surface area contributed by atoms with Gasteiger partial charge in [-0.15, -0.1) is 0 Å². The third-order valence-corrected chi connectivity index (χ3v) is 5.32. The molecule has 0 fully saturated rings. The Kier molecular flexibility index (Phi) is 5.28. The monoisotopic (exact) mass is 381 g/mol. The minimum absolute atomic E-state index is 0.178. The first-order chi connectivity index (χ1) is 12.9. The van der Waals surface area contributed by atoms with Crippen molar-refractivity contribution in [2.24, 2.45) is 0 Å². The number of ether oxygens (including phenoxy) is 1. The first-order valence-corrected chi connectivity index (χ1v) is 10.1. The van der Waals surface area contributed by atoms with E-state index in [4.69, 9.17) is 4.74 Å². The molecule has 0 aliphatic heterocycles. The average molecular weight is 381 g/mol. The molecule has 3 rings (SSSR count). The van der Waals surface area contributed by atoms with E-state index in [1.807, 2.05) is 42.5 Å². The minimum Gasteiger partial charge on any atom is -0.423 e. The van der Waals surface area contributed by atoms with Crippen molar-refractivity contribution < 1.29 is 17.9 Å². The molecule has 5 nitrogen and oxygen atoms in total. The maximum atomic E-state index is 12.6. The number of esters is 1. The number of sulfonamides is 1. The van der Waals surface area contributed by atoms with E-state index in [9.17, 15) is 13.2 Å². The van der Waals surface area contributed by atoms with Gasteiger partial charge in [-0.1, -0.05) is 54.6 Å². The molecule has 3 aromatic carbocycles. The molecule has 0 aliphatic carbocycles. The van der Waals surface area contributed by atoms with Gasteiger partial charge >= 0.3 is 5.97 Å². The fourth-order valence-corrected chi connectivity index (χ4v) is 3.12. The number of para-hydroxylation sites is 1. The van der Waals surface area contributed by atoms with Gasteiger partial charge < -0.3 is 4.74 Å². The summed E-state index contributed by atoms with van der Waals surface area (Å²) in [5, 5.41) is 0. The fourth-order valence-electron chi connectivity index (χ4n) is 2.61. The standard InChI is InChI=1S/C21H19NO4S/c1-22(27(2,24)25)20-11-7-6-10-19(20)21(23)26-18-14-12-17(13-15-18)16-8-4-3-5-9-16/h3-15H,1-2H3. The quantitative estimate of drug-likeness (QED) is 0.496. The van der Waals surface area contributed by atoms with Crippen molar-refractivity contribution in [3.8, 4) is 16.9 Å². The molecule has 0 saturated carbocycles. The molecule has 0 spiro atoms. The molecule has 0 aliphatic rings. The number of rotatable bonds is 5. The number of hydrogen-bond acceptors (Lipinski definition) is 4. The van der Waals surface area contributed by atoms with Gasteiger partial charge in [0.15, 0.2) is 0 Å². The smallest absolute Gasteiger partial charge is 0.345 e. The van der Waals surface area contributed by atoms with Crippen LogP contribution in [0.25, 0.3) is 11.1 Å². The third kappa shape index (κ3) is 4.35. The topological polar surface area (TPSA) is 63.7 Å². The average Bonchev–Trinajstić information content (AvgIpc) is 2.68. The number of anilines is 1. The fraction of sp³-hybridized carbons (Fsp3) is 0.0952. The highest BCUT2D eigenvalue weighted by atomic mass is 32.2. The van der Waals surface area contributed by atoms with Crippen molar-refractivity contribution in [1.29, 1.82) is 0 Å². The maximum Gasteiger partial charge on any atom is 0.345 e. The molecule has 0 saturated heterocycles. The van der Waals surface area contributed by atoms with Gasteiger partial charge in [-0.2, -0.15) is 0 Å². The zero-order valence-electron chi connectivity index (χ0n) is 15.0. The lowest BCUT2D eigenvalue weighted by molar-refractivity contribution is 0.0735. The van der Waals surface area contributed by atoms with Gasteiger partial charge in [0.25, 0.3) is 0 Å². The summed E-state index contributed by atoms with van der Waals surface area (Å²) in [5.41, 5.74) is 2.52. The number of carbonyl (C=O) groups excluding carboxylic acids is 1. The van der Waals surface area contributed by atoms with Gasteiger partial charge in [0, 0.05) is 7.05 Å². The van der Waals surface area contributed by atoms with Gasteiger partial charge in [0.05, 0.1) is 17.5 Å². The summed E-state index contributed by atoms with van der Waals surface area (Å²) < 4.78 is 30.1. The van der Waals surface area contributed by atoms with Crippen LogP contribution in [0.4, 0.5) is 5.69 Å². The lowest BCUT2D eigenvalue weighted by Crippen LogP contribution is -2.27. The maximum absolute atomic E-state index is 12.6. The summed E-state index contributed by atoms with van der Waals surface area (Å²) in [6.45, 7) is 0. The highest BCUT2D eigenvalue weighted by molar-refractivity contribution is 7.92. The lowest BCUT2D eigenvalue weighted by Gasteiger charge is -2.19. The first kappa shape index (κ1) is 18.7. The SMILES string of the molecule is CN(c1ccccc1C(=O)Oc1ccc(-c2ccccc2)cc1)S(C)(=O)=O. The molecule has 0 atom stereocenters. The van der Waals surface area contributed by atoms with Crippen LogP contribution in [-0.2, 0) is 10.0 Å². The Balaban J connectivity index is 1.82. The van der Waals surface area contributed by atoms with Gasteiger partial charge in [-0.25, -0.2) is 13.2 Å². The second-order valence-corrected chi connectivity index (χ2v) is 8.04. The summed E-state index contributed by atoms with van der Waals surface area (Å²) in [4.78, 5) is 12.6. The summed E-state index contributed by atoms with van der Waals surface area (Å²) in [5.74, 6) is -0.231. The van der Waals surface area contributed by atoms with E-state index in [2.05, 4.69) is 0 Å². The van der Waals surface area contributed by atoms with E-state index >= 15 is 0 Å². The predicted molar refractivity (Wildman–Crippen MR) is 107 cm³/mol. The van der Waals surface area contributed by atoms with Crippen LogP contribution in [0.2, 0.25) is 0 Å². The van der Waals surface area contributed by atoms with Crippen LogP contribution in [-0.4, -0.2) is 27.7 Å². The second kappa shape index (κ2) is 7.63. The van der Waals surface area contributed by atoms with Crippen LogP contribution in [0.1, 0.15) is 10.4 Å². The van der Waals surface area contributed by atoms with Crippen molar-refractivity contribution in [2.45, 2.75) is 0 Å². The Labute approximate surface area is 158 Å². The summed E-state index contributed by atoms with van der Waals surface area (Å²) in [6, 6.07) is 23.5. The van der Waals surface area contributed by atoms with Crippen LogP contribution in [0, 0.1) is 0 Å². The molecule has 0 amide bonds. The Morgan fingerprint density at radius 1 is 0.815 bits per heavy atom. The minimum atomic E-state index is -3.50. The molecule has 0 radical (unpaired) electrons. The summed E-state index contributed by atoms with van der Waals surface area (Å²) in [6.07, 6.45) is 1.08. The molecule has 27 heavy (non-hydrogen) atoms. The highest BCUT2D eigenvalue weighted by Gasteiger charge is 2.20. The Bertz CT molecular complexity index is 1050. The van der Waals surface area contributed by atoms with E-state index in [1.54, 1.807) is 30.3 Å². The molecule has 0 heterocycles. The summed E-state index contributed by atoms with van der Waals surface area (Å²) >= 11 is 0. The van der Waals surface area contributed by atoms with Crippen molar-refractivity contribution in [2.75, 3.05) is 17.6 Å². The van der Waals surface area contributed by atoms with Crippen molar-refractivity contribution >= 4 is 21.7 Å². The zero-order valence-corrected chi connectivity index (χ0v) is 15.8. The predicted octanol–water partition coefficient (Wildman–Crippen LogP) is 3.97. The number of hydrogen-bond donors (Lipinski definition) is 0. The van der Waals surface area contributed by atoms with Crippen molar-refractivity contribution in [1.82, 2.24) is 0 Å². The van der Waals surface area contributed by atoms with Gasteiger partial charge in [0.2, 0.25) is 10.0 Å². The molecule has 6 heteroatoms. The van der Waals surface area contributed by atoms with Crippen LogP contribution in [0.3, 0.4) is 0 Å². The van der Waals surface area contributed by atoms with E-state index in [1.165, 1.54) is 13.1 Å². The largest absolute Gasteiger partial charge is 0.423 e. The van der Waals surface area contributed by atoms with E-state index in [0.29, 0.717) is 5.75 Å². The number of carbonyl (C=O) groups is 1. The molecule has 3 aromatic rings. The second-order valence-electron chi connectivity index (χ2n) is 6.03. The van der Waals surface area contributed by atoms with Crippen LogP contribution in [0.15, 0.2) is 78.9 Å². The zero-order chi connectivity index (χ0) is 19.4. The van der Waals surface area contributed by atoms with Gasteiger partial charge in [-0.05, 0) is 35.4 Å². The van der Waals surface area contributed by atoms with Crippen LogP contribution in [0.5, 0.6) is 5.75 Å². The van der Waals surface area contributed by atoms with E-state index < -0.39 is 16.0 Å². The van der Waals surface area contributed by atoms with Crippen LogP contribution >= 0.6 is 0 Å². The van der Waals surface area contributed by atoms with Crippen molar-refractivity contribution in [3.63, 3.8) is 0 Å². The van der Waals surface area contributed by atoms with E-state index in [-0.39, 0.29) is 11.3 Å². The Morgan fingerprint density at radius 3 is 2.00 bits per heavy atom. The molecule has 0 aromatic heterocycles. The molecular formula is C21H19NO4S. The first-order valence-electron chi connectivity index (χ1n) is 8.27. The molecule has 138 valence electrons. The van der Waals surface area contributed by atoms with Crippen LogP contribution < -0.4 is 9.04 Å². The van der Waals surface area contributed by atoms with E-state index in [0.717, 1.165) is 21.7 Å². The summed E-state index contributed by atoms with van der Waals surface area (Å²) in [7, 11) is -2.10.